The van der Waals surface area contributed by atoms with Crippen molar-refractivity contribution in [1.29, 1.82) is 0 Å². The Hall–Kier alpha value is -2.65. The second-order valence-corrected chi connectivity index (χ2v) is 25.3. The van der Waals surface area contributed by atoms with Crippen molar-refractivity contribution < 1.29 is 46.4 Å². The highest BCUT2D eigenvalue weighted by atomic mass is 16.2. The molecule has 71 heavy (non-hydrogen) atoms. The maximum absolute atomic E-state index is 13.2. The molecule has 0 aromatic rings. The number of nitrogens with zero attached hydrogens (tertiary/aromatic N) is 8. The predicted octanol–water partition coefficient (Wildman–Crippen LogP) is 0.771. The summed E-state index contributed by atoms with van der Waals surface area (Å²) >= 11 is 0. The summed E-state index contributed by atoms with van der Waals surface area (Å²) in [6.45, 7) is 14.4. The number of carbonyl (C=O) groups excluding carboxylic acids is 5. The van der Waals surface area contributed by atoms with E-state index in [9.17, 15) is 24.0 Å². The van der Waals surface area contributed by atoms with Crippen molar-refractivity contribution in [3.63, 3.8) is 0 Å². The van der Waals surface area contributed by atoms with Crippen LogP contribution in [0.2, 0.25) is 0 Å². The first-order valence-electron chi connectivity index (χ1n) is 27.4. The molecule has 0 saturated carbocycles. The van der Waals surface area contributed by atoms with Crippen molar-refractivity contribution in [2.45, 2.75) is 77.0 Å². The van der Waals surface area contributed by atoms with E-state index in [1.54, 1.807) is 0 Å². The summed E-state index contributed by atoms with van der Waals surface area (Å²) in [5, 5.41) is 16.0. The molecule has 0 aromatic carbocycles. The Morgan fingerprint density at radius 2 is 0.535 bits per heavy atom. The molecule has 0 aliphatic rings. The van der Waals surface area contributed by atoms with Crippen molar-refractivity contribution in [2.24, 2.45) is 0 Å². The number of unbranched alkanes of at least 4 members (excludes halogenated alkanes) is 2. The van der Waals surface area contributed by atoms with Crippen molar-refractivity contribution >= 4 is 29.3 Å². The van der Waals surface area contributed by atoms with Crippen molar-refractivity contribution in [1.82, 2.24) is 41.3 Å². The maximum atomic E-state index is 13.2. The van der Waals surface area contributed by atoms with E-state index in [1.165, 1.54) is 0 Å². The van der Waals surface area contributed by atoms with Crippen LogP contribution in [0, 0.1) is 0 Å². The molecule has 0 spiro atoms. The smallest absolute Gasteiger partial charge is 0.221 e. The van der Waals surface area contributed by atoms with Crippen LogP contribution in [0.15, 0.2) is 0 Å². The number of Topliss-reactive ketones (excluding diaryl/α,β-unsaturated/α-hetero) is 2. The third-order valence-electron chi connectivity index (χ3n) is 12.3. The van der Waals surface area contributed by atoms with Gasteiger partial charge in [-0.05, 0) is 38.8 Å². The lowest BCUT2D eigenvalue weighted by Crippen LogP contribution is -2.44. The number of carbonyl (C=O) groups is 5. The summed E-state index contributed by atoms with van der Waals surface area (Å²) in [7, 11) is 32.5. The Balaban J connectivity index is 6.07. The van der Waals surface area contributed by atoms with Gasteiger partial charge < -0.3 is 63.7 Å². The van der Waals surface area contributed by atoms with E-state index in [-0.39, 0.29) is 29.3 Å². The van der Waals surface area contributed by atoms with Crippen LogP contribution < -0.4 is 26.6 Å². The van der Waals surface area contributed by atoms with Crippen LogP contribution in [-0.4, -0.2) is 310 Å². The van der Waals surface area contributed by atoms with E-state index >= 15 is 0 Å². The average Bonchev–Trinajstić information content (AvgIpc) is 3.24. The third-order valence-corrected chi connectivity index (χ3v) is 12.3. The first kappa shape index (κ1) is 68.4. The minimum absolute atomic E-state index is 0.00900. The monoisotopic (exact) mass is 1010 g/mol. The highest BCUT2D eigenvalue weighted by molar-refractivity contribution is 5.81. The van der Waals surface area contributed by atoms with Crippen LogP contribution in [-0.2, 0) is 24.0 Å². The number of hydrogen-bond acceptors (Lipinski definition) is 10. The SMILES string of the molecule is C[N+](C)(C)CCCCNCC(=O)CCN(CCC(=O)NCCC[N+](C)(C)C)CCN(CCC(=O)NCCC[N+](C)(C)C)CCN(CCC(=O)CNCCCC[N+](C)(C)C)CCC(=O)NCCC[N+](C)(C)C. The van der Waals surface area contributed by atoms with E-state index < -0.39 is 0 Å². The molecule has 0 atom stereocenters. The summed E-state index contributed by atoms with van der Waals surface area (Å²) < 4.78 is 4.38. The summed E-state index contributed by atoms with van der Waals surface area (Å²) in [6.07, 6.45) is 8.72. The van der Waals surface area contributed by atoms with Crippen LogP contribution in [0.4, 0.5) is 0 Å². The molecule has 0 bridgehead atoms. The van der Waals surface area contributed by atoms with Crippen molar-refractivity contribution in [3.8, 4) is 0 Å². The molecule has 0 rings (SSSR count). The van der Waals surface area contributed by atoms with Gasteiger partial charge in [-0.3, -0.25) is 24.0 Å². The van der Waals surface area contributed by atoms with Gasteiger partial charge in [0.2, 0.25) is 17.7 Å². The van der Waals surface area contributed by atoms with Crippen molar-refractivity contribution in [3.05, 3.63) is 0 Å². The Labute approximate surface area is 435 Å². The minimum Gasteiger partial charge on any atom is -0.356 e. The minimum atomic E-state index is 0.00900. The zero-order valence-corrected chi connectivity index (χ0v) is 49.0. The maximum Gasteiger partial charge on any atom is 0.221 e. The number of rotatable bonds is 47. The van der Waals surface area contributed by atoms with Gasteiger partial charge in [-0.2, -0.15) is 0 Å². The van der Waals surface area contributed by atoms with Gasteiger partial charge in [0.15, 0.2) is 0 Å². The number of ketones is 2. The van der Waals surface area contributed by atoms with Gasteiger partial charge in [-0.1, -0.05) is 0 Å². The molecule has 0 heterocycles. The van der Waals surface area contributed by atoms with Gasteiger partial charge >= 0.3 is 0 Å². The fraction of sp³-hybridized carbons (Fsp3) is 0.906. The first-order valence-corrected chi connectivity index (χ1v) is 27.4. The van der Waals surface area contributed by atoms with E-state index in [4.69, 9.17) is 0 Å². The second-order valence-electron chi connectivity index (χ2n) is 25.3. The quantitative estimate of drug-likeness (QED) is 0.0437. The zero-order chi connectivity index (χ0) is 54.0. The highest BCUT2D eigenvalue weighted by Gasteiger charge is 2.19. The second kappa shape index (κ2) is 37.1. The molecule has 18 heteroatoms. The molecule has 5 N–H and O–H groups in total. The fourth-order valence-corrected chi connectivity index (χ4v) is 7.83. The Morgan fingerprint density at radius 3 is 0.803 bits per heavy atom. The van der Waals surface area contributed by atoms with E-state index in [0.717, 1.165) is 113 Å². The van der Waals surface area contributed by atoms with Gasteiger partial charge in [0.25, 0.3) is 0 Å². The standard InChI is InChI=1S/C53H113N13O5/c1-62(2,3)42-18-16-28-54-47-49(67)23-33-59(35-25-51(69)56-30-20-44-64(7,8)9)38-40-61(37-27-53(71)58-32-22-46-66(13,14)15)41-39-60(36-26-52(70)57-31-21-45-65(10,11)12)34-24-50(68)48-55-29-17-19-43-63(4,5)6/h54-55H,16-48H2,1-15H3/q+2/p+3. The molecule has 0 aliphatic carbocycles. The predicted molar refractivity (Wildman–Crippen MR) is 294 cm³/mol. The largest absolute Gasteiger partial charge is 0.356 e. The Kier molecular flexibility index (Phi) is 35.8. The van der Waals surface area contributed by atoms with Gasteiger partial charge in [-0.25, -0.2) is 0 Å². The number of amides is 3. The average molecular weight is 1020 g/mol. The van der Waals surface area contributed by atoms with E-state index in [0.29, 0.717) is 124 Å². The molecule has 0 aliphatic heterocycles. The summed E-state index contributed by atoms with van der Waals surface area (Å²) in [4.78, 5) is 72.4. The molecule has 18 nitrogen and oxygen atoms in total. The Bertz CT molecular complexity index is 1360. The lowest BCUT2D eigenvalue weighted by molar-refractivity contribution is -0.870. The first-order chi connectivity index (χ1) is 32.9. The van der Waals surface area contributed by atoms with Gasteiger partial charge in [0, 0.05) is 130 Å². The van der Waals surface area contributed by atoms with Crippen LogP contribution in [0.5, 0.6) is 0 Å². The van der Waals surface area contributed by atoms with Crippen molar-refractivity contribution in [2.75, 3.05) is 243 Å². The Morgan fingerprint density at radius 1 is 0.296 bits per heavy atom. The van der Waals surface area contributed by atoms with Crippen LogP contribution in [0.3, 0.4) is 0 Å². The van der Waals surface area contributed by atoms with Gasteiger partial charge in [0.05, 0.1) is 152 Å². The topological polar surface area (TPSA) is 155 Å². The molecule has 0 unspecified atom stereocenters. The van der Waals surface area contributed by atoms with Gasteiger partial charge in [0.1, 0.15) is 11.6 Å². The molecular weight excluding hydrogens is 899 g/mol. The molecule has 418 valence electrons. The summed E-state index contributed by atoms with van der Waals surface area (Å²) in [5.41, 5.74) is 0. The molecule has 0 radical (unpaired) electrons. The van der Waals surface area contributed by atoms with Gasteiger partial charge in [-0.15, -0.1) is 0 Å². The molecular formula is C53H116N13O5+5. The lowest BCUT2D eigenvalue weighted by Gasteiger charge is -2.30. The number of nitrogens with one attached hydrogen (secondary N) is 5. The number of hydrogen-bond donors (Lipinski definition) is 5. The van der Waals surface area contributed by atoms with Crippen LogP contribution in [0.25, 0.3) is 0 Å². The van der Waals surface area contributed by atoms with Crippen LogP contribution in [0.1, 0.15) is 77.0 Å². The fourth-order valence-electron chi connectivity index (χ4n) is 7.83. The normalized spacial score (nSPS) is 12.8. The van der Waals surface area contributed by atoms with E-state index in [2.05, 4.69) is 147 Å². The van der Waals surface area contributed by atoms with Crippen LogP contribution >= 0.6 is 0 Å². The summed E-state index contributed by atoms with van der Waals surface area (Å²) in [5.74, 6) is 0.343. The number of quaternary nitrogens is 5. The molecule has 0 fully saturated rings. The highest BCUT2D eigenvalue weighted by Crippen LogP contribution is 2.05. The zero-order valence-electron chi connectivity index (χ0n) is 49.0. The molecule has 0 saturated heterocycles. The molecule has 3 amide bonds. The molecule has 0 aromatic heterocycles. The third kappa shape index (κ3) is 49.3. The van der Waals surface area contributed by atoms with E-state index in [1.807, 2.05) is 0 Å². The lowest BCUT2D eigenvalue weighted by atomic mass is 10.2. The summed E-state index contributed by atoms with van der Waals surface area (Å²) in [6, 6.07) is 0.